The molecule has 1 N–H and O–H groups in total. The van der Waals surface area contributed by atoms with Gasteiger partial charge < -0.3 is 5.32 Å². The van der Waals surface area contributed by atoms with Crippen LogP contribution in [0.3, 0.4) is 0 Å². The molecule has 1 unspecified atom stereocenters. The fraction of sp³-hybridized carbons (Fsp3) is 0.125. The zero-order valence-electron chi connectivity index (χ0n) is 11.3. The monoisotopic (exact) mass is 264 g/mol. The van der Waals surface area contributed by atoms with E-state index in [-0.39, 0.29) is 6.04 Å². The van der Waals surface area contributed by atoms with E-state index in [9.17, 15) is 0 Å². The minimum Gasteiger partial charge on any atom is -0.309 e. The van der Waals surface area contributed by atoms with Gasteiger partial charge in [-0.2, -0.15) is 5.10 Å². The van der Waals surface area contributed by atoms with Gasteiger partial charge in [0.05, 0.1) is 17.9 Å². The van der Waals surface area contributed by atoms with Crippen LogP contribution in [-0.2, 0) is 0 Å². The lowest BCUT2D eigenvalue weighted by Gasteiger charge is -2.14. The summed E-state index contributed by atoms with van der Waals surface area (Å²) in [5.74, 6) is 0. The van der Waals surface area contributed by atoms with Crippen molar-refractivity contribution in [3.05, 3.63) is 78.4 Å². The first kappa shape index (κ1) is 12.6. The number of rotatable bonds is 4. The van der Waals surface area contributed by atoms with Crippen LogP contribution in [0.4, 0.5) is 0 Å². The van der Waals surface area contributed by atoms with E-state index in [0.29, 0.717) is 0 Å². The van der Waals surface area contributed by atoms with Crippen molar-refractivity contribution in [2.45, 2.75) is 6.04 Å². The number of benzene rings is 1. The Morgan fingerprint density at radius 3 is 2.55 bits per heavy atom. The summed E-state index contributed by atoms with van der Waals surface area (Å²) in [6.07, 6.45) is 7.59. The molecule has 0 fully saturated rings. The van der Waals surface area contributed by atoms with Gasteiger partial charge in [0, 0.05) is 24.2 Å². The van der Waals surface area contributed by atoms with Crippen molar-refractivity contribution in [1.82, 2.24) is 20.1 Å². The fourth-order valence-corrected chi connectivity index (χ4v) is 2.28. The van der Waals surface area contributed by atoms with Crippen LogP contribution in [0.25, 0.3) is 5.69 Å². The van der Waals surface area contributed by atoms with Crippen LogP contribution in [0, 0.1) is 0 Å². The summed E-state index contributed by atoms with van der Waals surface area (Å²) in [6.45, 7) is 0. The predicted molar refractivity (Wildman–Crippen MR) is 78.7 cm³/mol. The second-order valence-corrected chi connectivity index (χ2v) is 4.56. The third-order valence-corrected chi connectivity index (χ3v) is 3.26. The van der Waals surface area contributed by atoms with Gasteiger partial charge in [-0.15, -0.1) is 0 Å². The average molecular weight is 264 g/mol. The predicted octanol–water partition coefficient (Wildman–Crippen LogP) is 2.58. The van der Waals surface area contributed by atoms with Crippen molar-refractivity contribution in [3.63, 3.8) is 0 Å². The third kappa shape index (κ3) is 2.46. The summed E-state index contributed by atoms with van der Waals surface area (Å²) in [5, 5.41) is 7.74. The van der Waals surface area contributed by atoms with E-state index in [0.717, 1.165) is 16.8 Å². The molecule has 20 heavy (non-hydrogen) atoms. The van der Waals surface area contributed by atoms with Crippen molar-refractivity contribution in [2.75, 3.05) is 7.05 Å². The van der Waals surface area contributed by atoms with Gasteiger partial charge in [-0.3, -0.25) is 4.98 Å². The Balaban J connectivity index is 1.93. The van der Waals surface area contributed by atoms with Crippen molar-refractivity contribution >= 4 is 0 Å². The van der Waals surface area contributed by atoms with Gasteiger partial charge in [0.25, 0.3) is 0 Å². The van der Waals surface area contributed by atoms with E-state index in [1.165, 1.54) is 0 Å². The molecular weight excluding hydrogens is 248 g/mol. The van der Waals surface area contributed by atoms with E-state index in [1.54, 1.807) is 6.20 Å². The van der Waals surface area contributed by atoms with Crippen LogP contribution in [0.1, 0.15) is 17.2 Å². The second kappa shape index (κ2) is 5.67. The minimum absolute atomic E-state index is 0.0983. The molecule has 3 aromatic rings. The first-order valence-electron chi connectivity index (χ1n) is 6.55. The maximum absolute atomic E-state index is 4.44. The van der Waals surface area contributed by atoms with Crippen LogP contribution in [0.15, 0.2) is 67.3 Å². The van der Waals surface area contributed by atoms with Crippen molar-refractivity contribution < 1.29 is 0 Å². The topological polar surface area (TPSA) is 42.7 Å². The molecule has 4 nitrogen and oxygen atoms in total. The van der Waals surface area contributed by atoms with Gasteiger partial charge in [0.2, 0.25) is 0 Å². The lowest BCUT2D eigenvalue weighted by molar-refractivity contribution is 0.688. The van der Waals surface area contributed by atoms with E-state index in [2.05, 4.69) is 21.5 Å². The van der Waals surface area contributed by atoms with Gasteiger partial charge in [0.15, 0.2) is 0 Å². The zero-order valence-corrected chi connectivity index (χ0v) is 11.3. The number of nitrogens with zero attached hydrogens (tertiary/aromatic N) is 3. The minimum atomic E-state index is 0.0983. The summed E-state index contributed by atoms with van der Waals surface area (Å²) in [4.78, 5) is 4.18. The normalized spacial score (nSPS) is 12.2. The third-order valence-electron chi connectivity index (χ3n) is 3.26. The lowest BCUT2D eigenvalue weighted by atomic mass is 10.0. The molecule has 0 saturated carbocycles. The highest BCUT2D eigenvalue weighted by atomic mass is 15.3. The van der Waals surface area contributed by atoms with Gasteiger partial charge in [-0.1, -0.05) is 24.3 Å². The molecule has 2 heterocycles. The zero-order chi connectivity index (χ0) is 13.8. The quantitative estimate of drug-likeness (QED) is 0.787. The molecule has 0 amide bonds. The second-order valence-electron chi connectivity index (χ2n) is 4.56. The molecule has 0 aliphatic rings. The van der Waals surface area contributed by atoms with E-state index < -0.39 is 0 Å². The van der Waals surface area contributed by atoms with E-state index in [4.69, 9.17) is 0 Å². The molecule has 100 valence electrons. The number of hydrogen-bond donors (Lipinski definition) is 1. The Bertz CT molecular complexity index is 661. The van der Waals surface area contributed by atoms with Crippen LogP contribution < -0.4 is 5.32 Å². The molecule has 0 saturated heterocycles. The number of hydrogen-bond acceptors (Lipinski definition) is 3. The molecule has 4 heteroatoms. The summed E-state index contributed by atoms with van der Waals surface area (Å²) < 4.78 is 1.88. The first-order chi connectivity index (χ1) is 9.88. The van der Waals surface area contributed by atoms with Crippen LogP contribution >= 0.6 is 0 Å². The Morgan fingerprint density at radius 2 is 1.85 bits per heavy atom. The fourth-order valence-electron chi connectivity index (χ4n) is 2.28. The van der Waals surface area contributed by atoms with Crippen LogP contribution in [0.5, 0.6) is 0 Å². The van der Waals surface area contributed by atoms with Crippen molar-refractivity contribution in [2.24, 2.45) is 0 Å². The van der Waals surface area contributed by atoms with Gasteiger partial charge >= 0.3 is 0 Å². The van der Waals surface area contributed by atoms with Gasteiger partial charge in [0.1, 0.15) is 0 Å². The van der Waals surface area contributed by atoms with Crippen molar-refractivity contribution in [3.8, 4) is 5.69 Å². The molecular formula is C16H16N4. The van der Waals surface area contributed by atoms with Crippen LogP contribution in [-0.4, -0.2) is 21.8 Å². The van der Waals surface area contributed by atoms with Gasteiger partial charge in [-0.25, -0.2) is 4.68 Å². The maximum atomic E-state index is 4.44. The SMILES string of the molecule is CNC(c1cccnc1)c1cnn(-c2ccccc2)c1. The molecule has 0 aliphatic heterocycles. The summed E-state index contributed by atoms with van der Waals surface area (Å²) in [5.41, 5.74) is 3.30. The van der Waals surface area contributed by atoms with Crippen LogP contribution in [0.2, 0.25) is 0 Å². The number of pyridine rings is 1. The summed E-state index contributed by atoms with van der Waals surface area (Å²) in [6, 6.07) is 14.2. The highest BCUT2D eigenvalue weighted by Gasteiger charge is 2.14. The Kier molecular flexibility index (Phi) is 3.56. The first-order valence-corrected chi connectivity index (χ1v) is 6.55. The maximum Gasteiger partial charge on any atom is 0.0645 e. The molecule has 3 rings (SSSR count). The summed E-state index contributed by atoms with van der Waals surface area (Å²) >= 11 is 0. The highest BCUT2D eigenvalue weighted by molar-refractivity contribution is 5.33. The Morgan fingerprint density at radius 1 is 1.00 bits per heavy atom. The highest BCUT2D eigenvalue weighted by Crippen LogP contribution is 2.21. The largest absolute Gasteiger partial charge is 0.309 e. The lowest BCUT2D eigenvalue weighted by Crippen LogP contribution is -2.17. The standard InChI is InChI=1S/C16H16N4/c1-17-16(13-6-5-9-18-10-13)14-11-19-20(12-14)15-7-3-2-4-8-15/h2-12,16-17H,1H3. The Labute approximate surface area is 118 Å². The van der Waals surface area contributed by atoms with Crippen molar-refractivity contribution in [1.29, 1.82) is 0 Å². The Hall–Kier alpha value is -2.46. The van der Waals surface area contributed by atoms with E-state index >= 15 is 0 Å². The molecule has 0 radical (unpaired) electrons. The summed E-state index contributed by atoms with van der Waals surface area (Å²) in [7, 11) is 1.94. The number of para-hydroxylation sites is 1. The number of nitrogens with one attached hydrogen (secondary N) is 1. The molecule has 0 aliphatic carbocycles. The number of aromatic nitrogens is 3. The average Bonchev–Trinajstić information content (AvgIpc) is 3.00. The molecule has 0 bridgehead atoms. The van der Waals surface area contributed by atoms with E-state index in [1.807, 2.05) is 66.7 Å². The molecule has 1 atom stereocenters. The smallest absolute Gasteiger partial charge is 0.0645 e. The molecule has 1 aromatic carbocycles. The van der Waals surface area contributed by atoms with Gasteiger partial charge in [-0.05, 0) is 30.8 Å². The molecule has 0 spiro atoms. The molecule has 2 aromatic heterocycles.